The van der Waals surface area contributed by atoms with Crippen LogP contribution >= 0.6 is 0 Å². The number of carbonyl (C=O) groups excluding carboxylic acids is 2. The lowest BCUT2D eigenvalue weighted by molar-refractivity contribution is -0.144. The number of hydrogen-bond acceptors (Lipinski definition) is 6. The zero-order chi connectivity index (χ0) is 22.4. The highest BCUT2D eigenvalue weighted by molar-refractivity contribution is 5.99. The third-order valence-corrected chi connectivity index (χ3v) is 4.96. The number of aromatic nitrogens is 1. The van der Waals surface area contributed by atoms with Crippen molar-refractivity contribution in [3.05, 3.63) is 52.4 Å². The number of nitrogens with zero attached hydrogens (tertiary/aromatic N) is 2. The van der Waals surface area contributed by atoms with Crippen molar-refractivity contribution < 1.29 is 23.8 Å². The molecular weight excluding hydrogens is 398 g/mol. The summed E-state index contributed by atoms with van der Waals surface area (Å²) in [5, 5.41) is 12.0. The number of amides is 1. The summed E-state index contributed by atoms with van der Waals surface area (Å²) >= 11 is 0. The molecule has 1 aromatic heterocycles. The first-order valence-electron chi connectivity index (χ1n) is 10.0. The highest BCUT2D eigenvalue weighted by Gasteiger charge is 2.16. The SMILES string of the molecule is CCCn1c(C)cc(/C=C(\C#N)C(=O)OCC(=O)NCc2ccc3c(c2)OCO3)c1C. The van der Waals surface area contributed by atoms with Gasteiger partial charge in [0.05, 0.1) is 0 Å². The molecule has 8 nitrogen and oxygen atoms in total. The minimum atomic E-state index is -0.832. The van der Waals surface area contributed by atoms with E-state index in [2.05, 4.69) is 16.8 Å². The molecule has 0 saturated heterocycles. The minimum absolute atomic E-state index is 0.152. The number of ether oxygens (including phenoxy) is 3. The van der Waals surface area contributed by atoms with Gasteiger partial charge in [-0.15, -0.1) is 0 Å². The molecule has 2 heterocycles. The van der Waals surface area contributed by atoms with Gasteiger partial charge in [0.2, 0.25) is 6.79 Å². The van der Waals surface area contributed by atoms with Gasteiger partial charge < -0.3 is 24.1 Å². The van der Waals surface area contributed by atoms with E-state index in [-0.39, 0.29) is 18.9 Å². The minimum Gasteiger partial charge on any atom is -0.454 e. The molecule has 0 saturated carbocycles. The Bertz CT molecular complexity index is 1060. The summed E-state index contributed by atoms with van der Waals surface area (Å²) in [5.41, 5.74) is 3.48. The molecule has 1 aromatic carbocycles. The number of esters is 1. The molecule has 0 bridgehead atoms. The summed E-state index contributed by atoms with van der Waals surface area (Å²) < 4.78 is 17.7. The number of carbonyl (C=O) groups is 2. The molecule has 0 fully saturated rings. The van der Waals surface area contributed by atoms with E-state index in [9.17, 15) is 14.9 Å². The predicted molar refractivity (Wildman–Crippen MR) is 113 cm³/mol. The Morgan fingerprint density at radius 1 is 1.26 bits per heavy atom. The molecule has 162 valence electrons. The van der Waals surface area contributed by atoms with E-state index in [1.165, 1.54) is 6.08 Å². The van der Waals surface area contributed by atoms with E-state index in [0.29, 0.717) is 11.5 Å². The highest BCUT2D eigenvalue weighted by Crippen LogP contribution is 2.32. The maximum atomic E-state index is 12.3. The van der Waals surface area contributed by atoms with Crippen LogP contribution in [0.1, 0.15) is 35.9 Å². The van der Waals surface area contributed by atoms with Gasteiger partial charge in [-0.25, -0.2) is 4.79 Å². The first-order chi connectivity index (χ1) is 14.9. The topological polar surface area (TPSA) is 103 Å². The Morgan fingerprint density at radius 2 is 2.03 bits per heavy atom. The number of fused-ring (bicyclic) bond motifs is 1. The van der Waals surface area contributed by atoms with Crippen molar-refractivity contribution in [1.29, 1.82) is 5.26 Å². The predicted octanol–water partition coefficient (Wildman–Crippen LogP) is 3.01. The van der Waals surface area contributed by atoms with Crippen molar-refractivity contribution in [1.82, 2.24) is 9.88 Å². The monoisotopic (exact) mass is 423 g/mol. The maximum absolute atomic E-state index is 12.3. The van der Waals surface area contributed by atoms with Gasteiger partial charge in [-0.1, -0.05) is 13.0 Å². The zero-order valence-electron chi connectivity index (χ0n) is 17.9. The second-order valence-corrected chi connectivity index (χ2v) is 7.19. The molecule has 0 atom stereocenters. The van der Waals surface area contributed by atoms with Gasteiger partial charge in [-0.2, -0.15) is 5.26 Å². The van der Waals surface area contributed by atoms with Crippen LogP contribution in [0, 0.1) is 25.2 Å². The second kappa shape index (κ2) is 9.85. The van der Waals surface area contributed by atoms with Crippen molar-refractivity contribution in [2.24, 2.45) is 0 Å². The molecule has 1 N–H and O–H groups in total. The number of nitrogens with one attached hydrogen (secondary N) is 1. The molecule has 0 aliphatic carbocycles. The number of aryl methyl sites for hydroxylation is 1. The van der Waals surface area contributed by atoms with Gasteiger partial charge in [0.15, 0.2) is 18.1 Å². The third-order valence-electron chi connectivity index (χ3n) is 4.96. The fourth-order valence-electron chi connectivity index (χ4n) is 3.35. The molecule has 0 unspecified atom stereocenters. The number of nitriles is 1. The maximum Gasteiger partial charge on any atom is 0.349 e. The van der Waals surface area contributed by atoms with Crippen molar-refractivity contribution in [3.63, 3.8) is 0 Å². The molecule has 1 amide bonds. The van der Waals surface area contributed by atoms with Gasteiger partial charge in [-0.05, 0) is 55.7 Å². The zero-order valence-corrected chi connectivity index (χ0v) is 17.9. The van der Waals surface area contributed by atoms with Crippen LogP contribution in [-0.2, 0) is 27.4 Å². The van der Waals surface area contributed by atoms with Crippen LogP contribution in [0.3, 0.4) is 0 Å². The number of rotatable bonds is 8. The summed E-state index contributed by atoms with van der Waals surface area (Å²) in [6, 6.07) is 9.15. The van der Waals surface area contributed by atoms with Crippen molar-refractivity contribution in [2.45, 2.75) is 40.3 Å². The Labute approximate surface area is 181 Å². The number of hydrogen-bond donors (Lipinski definition) is 1. The van der Waals surface area contributed by atoms with Crippen LogP contribution in [0.4, 0.5) is 0 Å². The molecule has 1 aliphatic rings. The van der Waals surface area contributed by atoms with E-state index in [0.717, 1.165) is 35.5 Å². The number of benzene rings is 1. The van der Waals surface area contributed by atoms with Crippen LogP contribution in [0.15, 0.2) is 29.8 Å². The first kappa shape index (κ1) is 22.0. The average Bonchev–Trinajstić information content (AvgIpc) is 3.33. The normalized spacial score (nSPS) is 12.4. The Hall–Kier alpha value is -3.73. The molecule has 8 heteroatoms. The largest absolute Gasteiger partial charge is 0.454 e. The first-order valence-corrected chi connectivity index (χ1v) is 10.0. The van der Waals surface area contributed by atoms with E-state index in [1.807, 2.05) is 32.0 Å². The quantitative estimate of drug-likeness (QED) is 0.398. The summed E-state index contributed by atoms with van der Waals surface area (Å²) in [6.45, 7) is 6.82. The van der Waals surface area contributed by atoms with Gasteiger partial charge in [-0.3, -0.25) is 4.79 Å². The van der Waals surface area contributed by atoms with Crippen molar-refractivity contribution in [2.75, 3.05) is 13.4 Å². The lowest BCUT2D eigenvalue weighted by atomic mass is 10.1. The fourth-order valence-corrected chi connectivity index (χ4v) is 3.35. The Kier molecular flexibility index (Phi) is 6.98. The third kappa shape index (κ3) is 5.25. The molecule has 3 rings (SSSR count). The van der Waals surface area contributed by atoms with Gasteiger partial charge in [0, 0.05) is 24.5 Å². The highest BCUT2D eigenvalue weighted by atomic mass is 16.7. The van der Waals surface area contributed by atoms with E-state index in [4.69, 9.17) is 14.2 Å². The van der Waals surface area contributed by atoms with E-state index < -0.39 is 18.5 Å². The molecule has 0 radical (unpaired) electrons. The van der Waals surface area contributed by atoms with E-state index in [1.54, 1.807) is 12.1 Å². The lowest BCUT2D eigenvalue weighted by Crippen LogP contribution is -2.28. The smallest absolute Gasteiger partial charge is 0.349 e. The summed E-state index contributed by atoms with van der Waals surface area (Å²) in [4.78, 5) is 24.3. The lowest BCUT2D eigenvalue weighted by Gasteiger charge is -2.08. The van der Waals surface area contributed by atoms with Crippen molar-refractivity contribution >= 4 is 18.0 Å². The van der Waals surface area contributed by atoms with Crippen molar-refractivity contribution in [3.8, 4) is 17.6 Å². The molecule has 2 aromatic rings. The van der Waals surface area contributed by atoms with Gasteiger partial charge in [0.25, 0.3) is 5.91 Å². The summed E-state index contributed by atoms with van der Waals surface area (Å²) in [7, 11) is 0. The van der Waals surface area contributed by atoms with Crippen LogP contribution in [-0.4, -0.2) is 29.8 Å². The van der Waals surface area contributed by atoms with Crippen LogP contribution < -0.4 is 14.8 Å². The second-order valence-electron chi connectivity index (χ2n) is 7.19. The van der Waals surface area contributed by atoms with E-state index >= 15 is 0 Å². The molecular formula is C23H25N3O5. The van der Waals surface area contributed by atoms with Crippen LogP contribution in [0.5, 0.6) is 11.5 Å². The summed E-state index contributed by atoms with van der Waals surface area (Å²) in [5.74, 6) is -0.0129. The van der Waals surface area contributed by atoms with Crippen LogP contribution in [0.25, 0.3) is 6.08 Å². The van der Waals surface area contributed by atoms with Crippen LogP contribution in [0.2, 0.25) is 0 Å². The molecule has 1 aliphatic heterocycles. The van der Waals surface area contributed by atoms with Gasteiger partial charge >= 0.3 is 5.97 Å². The van der Waals surface area contributed by atoms with Gasteiger partial charge in [0.1, 0.15) is 11.6 Å². The standard InChI is InChI=1S/C23H25N3O5/c1-4-7-26-15(2)8-18(16(26)3)10-19(11-24)23(28)29-13-22(27)25-12-17-5-6-20-21(9-17)31-14-30-20/h5-6,8-10H,4,7,12-14H2,1-3H3,(H,25,27)/b19-10+. The summed E-state index contributed by atoms with van der Waals surface area (Å²) in [6.07, 6.45) is 2.48. The Balaban J connectivity index is 1.55. The molecule has 0 spiro atoms. The fraction of sp³-hybridized carbons (Fsp3) is 0.348. The molecule has 31 heavy (non-hydrogen) atoms. The average molecular weight is 423 g/mol. The Morgan fingerprint density at radius 3 is 2.77 bits per heavy atom.